The third-order valence-electron chi connectivity index (χ3n) is 2.60. The number of thiazole rings is 1. The molecule has 102 valence electrons. The fourth-order valence-corrected chi connectivity index (χ4v) is 2.42. The molecule has 19 heavy (non-hydrogen) atoms. The zero-order chi connectivity index (χ0) is 13.8. The molecule has 2 rings (SSSR count). The van der Waals surface area contributed by atoms with Crippen LogP contribution in [0.4, 0.5) is 8.78 Å². The first kappa shape index (κ1) is 14.1. The molecule has 0 aliphatic carbocycles. The number of benzene rings is 1. The summed E-state index contributed by atoms with van der Waals surface area (Å²) in [6.07, 6.45) is 0. The summed E-state index contributed by atoms with van der Waals surface area (Å²) >= 11 is 1.52. The molecule has 1 aromatic carbocycles. The average molecular weight is 282 g/mol. The van der Waals surface area contributed by atoms with E-state index in [2.05, 4.69) is 24.1 Å². The van der Waals surface area contributed by atoms with E-state index >= 15 is 0 Å². The van der Waals surface area contributed by atoms with Gasteiger partial charge in [-0.05, 0) is 30.7 Å². The maximum atomic E-state index is 13.2. The molecule has 0 amide bonds. The molecule has 1 N–H and O–H groups in total. The highest BCUT2D eigenvalue weighted by atomic mass is 32.1. The molecule has 0 radical (unpaired) electrons. The molecular weight excluding hydrogens is 266 g/mol. The van der Waals surface area contributed by atoms with Crippen molar-refractivity contribution in [2.24, 2.45) is 5.92 Å². The van der Waals surface area contributed by atoms with E-state index in [4.69, 9.17) is 0 Å². The summed E-state index contributed by atoms with van der Waals surface area (Å²) in [6.45, 7) is 5.91. The maximum absolute atomic E-state index is 13.2. The van der Waals surface area contributed by atoms with Crippen molar-refractivity contribution in [2.75, 3.05) is 6.54 Å². The third kappa shape index (κ3) is 3.81. The Bertz CT molecular complexity index is 552. The van der Waals surface area contributed by atoms with Gasteiger partial charge in [-0.2, -0.15) is 0 Å². The van der Waals surface area contributed by atoms with Gasteiger partial charge in [0.25, 0.3) is 0 Å². The molecule has 0 saturated carbocycles. The van der Waals surface area contributed by atoms with Crippen LogP contribution in [0.2, 0.25) is 0 Å². The van der Waals surface area contributed by atoms with Crippen LogP contribution in [-0.4, -0.2) is 11.5 Å². The Balaban J connectivity index is 2.05. The Labute approximate surface area is 115 Å². The van der Waals surface area contributed by atoms with E-state index in [9.17, 15) is 8.78 Å². The van der Waals surface area contributed by atoms with Gasteiger partial charge in [0.2, 0.25) is 0 Å². The van der Waals surface area contributed by atoms with Crippen LogP contribution in [0.5, 0.6) is 0 Å². The fraction of sp³-hybridized carbons (Fsp3) is 0.357. The minimum Gasteiger partial charge on any atom is -0.310 e. The van der Waals surface area contributed by atoms with Crippen molar-refractivity contribution in [2.45, 2.75) is 20.4 Å². The summed E-state index contributed by atoms with van der Waals surface area (Å²) in [5.74, 6) is -1.09. The van der Waals surface area contributed by atoms with Crippen molar-refractivity contribution in [3.8, 4) is 11.3 Å². The average Bonchev–Trinajstić information content (AvgIpc) is 2.81. The smallest absolute Gasteiger partial charge is 0.159 e. The van der Waals surface area contributed by atoms with Crippen LogP contribution in [0.1, 0.15) is 18.9 Å². The summed E-state index contributed by atoms with van der Waals surface area (Å²) < 4.78 is 26.0. The number of rotatable bonds is 5. The third-order valence-corrected chi connectivity index (χ3v) is 3.44. The molecule has 0 unspecified atom stereocenters. The van der Waals surface area contributed by atoms with E-state index < -0.39 is 11.6 Å². The Kier molecular flexibility index (Phi) is 4.61. The second-order valence-electron chi connectivity index (χ2n) is 4.78. The van der Waals surface area contributed by atoms with E-state index in [1.807, 2.05) is 5.38 Å². The Morgan fingerprint density at radius 2 is 2.05 bits per heavy atom. The molecule has 2 nitrogen and oxygen atoms in total. The van der Waals surface area contributed by atoms with E-state index in [0.29, 0.717) is 23.7 Å². The van der Waals surface area contributed by atoms with E-state index in [0.717, 1.165) is 17.6 Å². The number of nitrogens with one attached hydrogen (secondary N) is 1. The number of halogens is 2. The van der Waals surface area contributed by atoms with Gasteiger partial charge >= 0.3 is 0 Å². The molecule has 5 heteroatoms. The maximum Gasteiger partial charge on any atom is 0.159 e. The molecule has 0 fully saturated rings. The van der Waals surface area contributed by atoms with E-state index in [1.165, 1.54) is 17.4 Å². The molecule has 0 bridgehead atoms. The normalized spacial score (nSPS) is 11.2. The van der Waals surface area contributed by atoms with Crippen LogP contribution in [0, 0.1) is 17.6 Å². The van der Waals surface area contributed by atoms with E-state index in [1.54, 1.807) is 6.07 Å². The first-order chi connectivity index (χ1) is 9.06. The van der Waals surface area contributed by atoms with Crippen molar-refractivity contribution in [1.82, 2.24) is 10.3 Å². The van der Waals surface area contributed by atoms with Crippen molar-refractivity contribution in [3.63, 3.8) is 0 Å². The van der Waals surface area contributed by atoms with Crippen molar-refractivity contribution in [3.05, 3.63) is 40.2 Å². The van der Waals surface area contributed by atoms with Gasteiger partial charge < -0.3 is 5.32 Å². The molecule has 2 aromatic rings. The Morgan fingerprint density at radius 1 is 1.26 bits per heavy atom. The van der Waals surface area contributed by atoms with Crippen LogP contribution in [0.15, 0.2) is 23.6 Å². The van der Waals surface area contributed by atoms with E-state index in [-0.39, 0.29) is 0 Å². The Morgan fingerprint density at radius 3 is 2.74 bits per heavy atom. The van der Waals surface area contributed by atoms with Gasteiger partial charge in [-0.1, -0.05) is 13.8 Å². The quantitative estimate of drug-likeness (QED) is 0.901. The second kappa shape index (κ2) is 6.21. The molecule has 1 heterocycles. The van der Waals surface area contributed by atoms with Gasteiger partial charge in [0.05, 0.1) is 5.69 Å². The molecule has 0 aliphatic heterocycles. The standard InChI is InChI=1S/C14H16F2N2S/c1-9(2)6-17-7-14-18-13(8-19-14)10-3-4-11(15)12(16)5-10/h3-5,8-9,17H,6-7H2,1-2H3. The Hall–Kier alpha value is -1.33. The highest BCUT2D eigenvalue weighted by Crippen LogP contribution is 2.23. The largest absolute Gasteiger partial charge is 0.310 e. The number of aromatic nitrogens is 1. The first-order valence-corrected chi connectivity index (χ1v) is 7.04. The SMILES string of the molecule is CC(C)CNCc1nc(-c2ccc(F)c(F)c2)cs1. The van der Waals surface area contributed by atoms with Crippen LogP contribution in [0.25, 0.3) is 11.3 Å². The monoisotopic (exact) mass is 282 g/mol. The molecule has 1 aromatic heterocycles. The van der Waals surface area contributed by atoms with Crippen LogP contribution in [0.3, 0.4) is 0 Å². The fourth-order valence-electron chi connectivity index (χ4n) is 1.65. The highest BCUT2D eigenvalue weighted by Gasteiger charge is 2.08. The minimum absolute atomic E-state index is 0.589. The van der Waals surface area contributed by atoms with Crippen LogP contribution < -0.4 is 5.32 Å². The summed E-state index contributed by atoms with van der Waals surface area (Å²) in [6, 6.07) is 3.84. The predicted molar refractivity (Wildman–Crippen MR) is 74.0 cm³/mol. The van der Waals surface area contributed by atoms with Gasteiger partial charge in [0, 0.05) is 17.5 Å². The lowest BCUT2D eigenvalue weighted by Crippen LogP contribution is -2.18. The lowest BCUT2D eigenvalue weighted by Gasteiger charge is -2.04. The predicted octanol–water partition coefficient (Wildman–Crippen LogP) is 3.83. The highest BCUT2D eigenvalue weighted by molar-refractivity contribution is 7.09. The molecule has 0 saturated heterocycles. The number of hydrogen-bond acceptors (Lipinski definition) is 3. The van der Waals surface area contributed by atoms with Crippen LogP contribution >= 0.6 is 11.3 Å². The molecule has 0 atom stereocenters. The van der Waals surface area contributed by atoms with Crippen molar-refractivity contribution >= 4 is 11.3 Å². The van der Waals surface area contributed by atoms with Gasteiger partial charge in [0.1, 0.15) is 5.01 Å². The van der Waals surface area contributed by atoms with Crippen molar-refractivity contribution in [1.29, 1.82) is 0 Å². The minimum atomic E-state index is -0.843. The van der Waals surface area contributed by atoms with Crippen LogP contribution in [-0.2, 0) is 6.54 Å². The molecular formula is C14H16F2N2S. The summed E-state index contributed by atoms with van der Waals surface area (Å²) in [5.41, 5.74) is 1.29. The van der Waals surface area contributed by atoms with Gasteiger partial charge in [-0.3, -0.25) is 0 Å². The van der Waals surface area contributed by atoms with Gasteiger partial charge in [0.15, 0.2) is 11.6 Å². The lowest BCUT2D eigenvalue weighted by atomic mass is 10.2. The summed E-state index contributed by atoms with van der Waals surface area (Å²) in [4.78, 5) is 4.42. The zero-order valence-electron chi connectivity index (χ0n) is 10.9. The second-order valence-corrected chi connectivity index (χ2v) is 5.72. The van der Waals surface area contributed by atoms with Crippen molar-refractivity contribution < 1.29 is 8.78 Å². The summed E-state index contributed by atoms with van der Waals surface area (Å²) in [5, 5.41) is 6.11. The lowest BCUT2D eigenvalue weighted by molar-refractivity contribution is 0.509. The number of nitrogens with zero attached hydrogens (tertiary/aromatic N) is 1. The first-order valence-electron chi connectivity index (χ1n) is 6.17. The molecule has 0 aliphatic rings. The number of hydrogen-bond donors (Lipinski definition) is 1. The topological polar surface area (TPSA) is 24.9 Å². The zero-order valence-corrected chi connectivity index (χ0v) is 11.7. The van der Waals surface area contributed by atoms with Gasteiger partial charge in [-0.25, -0.2) is 13.8 Å². The molecule has 0 spiro atoms. The van der Waals surface area contributed by atoms with Gasteiger partial charge in [-0.15, -0.1) is 11.3 Å². The summed E-state index contributed by atoms with van der Waals surface area (Å²) in [7, 11) is 0.